The van der Waals surface area contributed by atoms with Crippen LogP contribution in [0.25, 0.3) is 0 Å². The van der Waals surface area contributed by atoms with E-state index in [1.807, 2.05) is 26.2 Å². The summed E-state index contributed by atoms with van der Waals surface area (Å²) in [6, 6.07) is 7.67. The van der Waals surface area contributed by atoms with Crippen molar-refractivity contribution in [2.75, 3.05) is 27.2 Å². The smallest absolute Gasteiger partial charge is 0.243 e. The number of nitrogens with one attached hydrogen (secondary N) is 1. The first-order valence-electron chi connectivity index (χ1n) is 7.96. The van der Waals surface area contributed by atoms with Crippen LogP contribution in [0.3, 0.4) is 0 Å². The van der Waals surface area contributed by atoms with Crippen molar-refractivity contribution >= 4 is 22.4 Å². The van der Waals surface area contributed by atoms with E-state index in [0.717, 1.165) is 44.5 Å². The second-order valence-electron chi connectivity index (χ2n) is 6.59. The van der Waals surface area contributed by atoms with Crippen molar-refractivity contribution in [1.29, 1.82) is 0 Å². The van der Waals surface area contributed by atoms with Gasteiger partial charge in [0.25, 0.3) is 0 Å². The molecule has 23 heavy (non-hydrogen) atoms. The van der Waals surface area contributed by atoms with Crippen LogP contribution in [-0.2, 0) is 16.6 Å². The molecule has 2 aliphatic rings. The van der Waals surface area contributed by atoms with Gasteiger partial charge in [-0.3, -0.25) is 0 Å². The Bertz CT molecular complexity index is 609. The zero-order valence-corrected chi connectivity index (χ0v) is 15.4. The van der Waals surface area contributed by atoms with Crippen LogP contribution in [0, 0.1) is 0 Å². The van der Waals surface area contributed by atoms with Crippen molar-refractivity contribution in [3.05, 3.63) is 29.8 Å². The molecular weight excluding hydrogens is 334 g/mol. The fourth-order valence-corrected chi connectivity index (χ4v) is 5.03. The Kier molecular flexibility index (Phi) is 6.08. The highest BCUT2D eigenvalue weighted by atomic mass is 35.5. The molecule has 1 aromatic rings. The van der Waals surface area contributed by atoms with Crippen LogP contribution in [0.2, 0.25) is 0 Å². The van der Waals surface area contributed by atoms with Gasteiger partial charge in [-0.2, -0.15) is 4.31 Å². The Morgan fingerprint density at radius 2 is 1.74 bits per heavy atom. The maximum Gasteiger partial charge on any atom is 0.243 e. The molecular formula is C16H26ClN3O2S. The van der Waals surface area contributed by atoms with Crippen molar-refractivity contribution in [3.63, 3.8) is 0 Å². The highest BCUT2D eigenvalue weighted by Crippen LogP contribution is 2.35. The van der Waals surface area contributed by atoms with E-state index < -0.39 is 10.0 Å². The number of hydrogen-bond donors (Lipinski definition) is 1. The molecule has 0 aromatic heterocycles. The van der Waals surface area contributed by atoms with E-state index >= 15 is 0 Å². The Hall–Kier alpha value is -0.660. The van der Waals surface area contributed by atoms with Crippen molar-refractivity contribution in [2.24, 2.45) is 0 Å². The number of rotatable bonds is 6. The van der Waals surface area contributed by atoms with E-state index in [1.54, 1.807) is 16.4 Å². The van der Waals surface area contributed by atoms with Gasteiger partial charge in [0, 0.05) is 25.2 Å². The van der Waals surface area contributed by atoms with E-state index in [0.29, 0.717) is 4.90 Å². The molecule has 0 amide bonds. The lowest BCUT2D eigenvalue weighted by Gasteiger charge is -2.27. The lowest BCUT2D eigenvalue weighted by molar-refractivity contribution is 0.327. The highest BCUT2D eigenvalue weighted by Gasteiger charge is 2.43. The third kappa shape index (κ3) is 4.25. The average molecular weight is 360 g/mol. The maximum absolute atomic E-state index is 13.0. The minimum absolute atomic E-state index is 0. The van der Waals surface area contributed by atoms with Gasteiger partial charge in [0.05, 0.1) is 4.90 Å². The molecule has 0 radical (unpaired) electrons. The van der Waals surface area contributed by atoms with Gasteiger partial charge in [-0.1, -0.05) is 12.1 Å². The third-order valence-corrected chi connectivity index (χ3v) is 6.32. The summed E-state index contributed by atoms with van der Waals surface area (Å²) in [6.45, 7) is 2.50. The van der Waals surface area contributed by atoms with Gasteiger partial charge in [-0.15, -0.1) is 12.4 Å². The Morgan fingerprint density at radius 3 is 2.22 bits per heavy atom. The number of nitrogens with zero attached hydrogens (tertiary/aromatic N) is 2. The molecule has 1 saturated carbocycles. The zero-order valence-electron chi connectivity index (χ0n) is 13.7. The standard InChI is InChI=1S/C16H25N3O2S.ClH/c1-18(2)12-13-3-7-16(8-4-13)22(20,21)19(14-5-6-14)15-9-10-17-11-15;/h3-4,7-8,14-15,17H,5-6,9-12H2,1-2H3;1H. The van der Waals surface area contributed by atoms with Crippen molar-refractivity contribution < 1.29 is 8.42 Å². The van der Waals surface area contributed by atoms with Crippen molar-refractivity contribution in [1.82, 2.24) is 14.5 Å². The predicted octanol–water partition coefficient (Wildman–Crippen LogP) is 1.69. The normalized spacial score (nSPS) is 21.7. The van der Waals surface area contributed by atoms with Crippen LogP contribution in [0.4, 0.5) is 0 Å². The number of hydrogen-bond acceptors (Lipinski definition) is 4. The number of sulfonamides is 1. The molecule has 0 bridgehead atoms. The molecule has 1 N–H and O–H groups in total. The molecule has 1 aliphatic heterocycles. The second kappa shape index (κ2) is 7.49. The van der Waals surface area contributed by atoms with Gasteiger partial charge >= 0.3 is 0 Å². The average Bonchev–Trinajstić information content (AvgIpc) is 3.13. The topological polar surface area (TPSA) is 52.7 Å². The largest absolute Gasteiger partial charge is 0.315 e. The van der Waals surface area contributed by atoms with Gasteiger partial charge in [-0.25, -0.2) is 8.42 Å². The summed E-state index contributed by atoms with van der Waals surface area (Å²) in [4.78, 5) is 2.50. The molecule has 1 saturated heterocycles. The SMILES string of the molecule is CN(C)Cc1ccc(S(=O)(=O)N(C2CC2)C2CCNC2)cc1.Cl. The van der Waals surface area contributed by atoms with Gasteiger partial charge in [0.15, 0.2) is 0 Å². The Balaban J connectivity index is 0.00000192. The Labute approximate surface area is 145 Å². The van der Waals surface area contributed by atoms with Crippen LogP contribution in [-0.4, -0.2) is 56.9 Å². The second-order valence-corrected chi connectivity index (χ2v) is 8.44. The number of benzene rings is 1. The van der Waals surface area contributed by atoms with E-state index in [1.165, 1.54) is 0 Å². The van der Waals surface area contributed by atoms with Crippen LogP contribution in [0.1, 0.15) is 24.8 Å². The van der Waals surface area contributed by atoms with Crippen molar-refractivity contribution in [3.8, 4) is 0 Å². The molecule has 1 unspecified atom stereocenters. The van der Waals surface area contributed by atoms with Gasteiger partial charge in [-0.05, 0) is 57.6 Å². The summed E-state index contributed by atoms with van der Waals surface area (Å²) < 4.78 is 27.8. The van der Waals surface area contributed by atoms with E-state index in [2.05, 4.69) is 10.2 Å². The quantitative estimate of drug-likeness (QED) is 0.839. The third-order valence-electron chi connectivity index (χ3n) is 4.30. The predicted molar refractivity (Wildman–Crippen MR) is 94.4 cm³/mol. The minimum Gasteiger partial charge on any atom is -0.315 e. The first-order chi connectivity index (χ1) is 10.5. The summed E-state index contributed by atoms with van der Waals surface area (Å²) >= 11 is 0. The molecule has 1 aromatic carbocycles. The molecule has 7 heteroatoms. The molecule has 3 rings (SSSR count). The minimum atomic E-state index is -3.39. The summed E-state index contributed by atoms with van der Waals surface area (Å²) in [6.07, 6.45) is 2.90. The molecule has 1 heterocycles. The lowest BCUT2D eigenvalue weighted by Crippen LogP contribution is -2.43. The Morgan fingerprint density at radius 1 is 1.09 bits per heavy atom. The zero-order chi connectivity index (χ0) is 15.7. The van der Waals surface area contributed by atoms with E-state index in [4.69, 9.17) is 0 Å². The van der Waals surface area contributed by atoms with Crippen LogP contribution >= 0.6 is 12.4 Å². The van der Waals surface area contributed by atoms with Gasteiger partial charge in [0.1, 0.15) is 0 Å². The molecule has 5 nitrogen and oxygen atoms in total. The molecule has 1 atom stereocenters. The van der Waals surface area contributed by atoms with E-state index in [9.17, 15) is 8.42 Å². The van der Waals surface area contributed by atoms with Crippen molar-refractivity contribution in [2.45, 2.75) is 42.8 Å². The van der Waals surface area contributed by atoms with Gasteiger partial charge in [0.2, 0.25) is 10.0 Å². The summed E-state index contributed by atoms with van der Waals surface area (Å²) in [7, 11) is 0.626. The fourth-order valence-electron chi connectivity index (χ4n) is 3.13. The maximum atomic E-state index is 13.0. The monoisotopic (exact) mass is 359 g/mol. The van der Waals surface area contributed by atoms with Crippen LogP contribution in [0.5, 0.6) is 0 Å². The first-order valence-corrected chi connectivity index (χ1v) is 9.40. The van der Waals surface area contributed by atoms with Crippen LogP contribution in [0.15, 0.2) is 29.2 Å². The summed E-state index contributed by atoms with van der Waals surface area (Å²) in [5.41, 5.74) is 1.13. The first kappa shape index (κ1) is 18.7. The fraction of sp³-hybridized carbons (Fsp3) is 0.625. The molecule has 1 aliphatic carbocycles. The highest BCUT2D eigenvalue weighted by molar-refractivity contribution is 7.89. The number of halogens is 1. The van der Waals surface area contributed by atoms with E-state index in [-0.39, 0.29) is 24.5 Å². The summed E-state index contributed by atoms with van der Waals surface area (Å²) in [5, 5.41) is 3.28. The van der Waals surface area contributed by atoms with Crippen LogP contribution < -0.4 is 5.32 Å². The van der Waals surface area contributed by atoms with Gasteiger partial charge < -0.3 is 10.2 Å². The molecule has 2 fully saturated rings. The summed E-state index contributed by atoms with van der Waals surface area (Å²) in [5.74, 6) is 0. The molecule has 130 valence electrons. The molecule has 0 spiro atoms. The lowest BCUT2D eigenvalue weighted by atomic mass is 10.2.